The fourth-order valence-corrected chi connectivity index (χ4v) is 2.26. The monoisotopic (exact) mass is 306 g/mol. The van der Waals surface area contributed by atoms with Gasteiger partial charge in [-0.05, 0) is 23.6 Å². The van der Waals surface area contributed by atoms with Crippen LogP contribution in [-0.4, -0.2) is 22.3 Å². The highest BCUT2D eigenvalue weighted by atomic mass is 16.3. The average Bonchev–Trinajstić information content (AvgIpc) is 2.57. The maximum Gasteiger partial charge on any atom is 0.275 e. The molecule has 1 amide bonds. The number of nitrogens with one attached hydrogen (secondary N) is 1. The molecule has 3 N–H and O–H groups in total. The van der Waals surface area contributed by atoms with Crippen LogP contribution in [-0.2, 0) is 0 Å². The van der Waals surface area contributed by atoms with Crippen molar-refractivity contribution in [1.29, 1.82) is 0 Å². The topological polar surface area (TPSA) is 81.9 Å². The van der Waals surface area contributed by atoms with E-state index in [0.29, 0.717) is 10.9 Å². The zero-order chi connectivity index (χ0) is 16.2. The van der Waals surface area contributed by atoms with Crippen LogP contribution >= 0.6 is 0 Å². The summed E-state index contributed by atoms with van der Waals surface area (Å²) >= 11 is 0. The molecule has 3 aromatic rings. The first-order valence-corrected chi connectivity index (χ1v) is 6.99. The second-order valence-corrected chi connectivity index (χ2v) is 4.94. The number of phenolic OH excluding ortho intramolecular Hbond substituents is 2. The summed E-state index contributed by atoms with van der Waals surface area (Å²) in [6.07, 6.45) is 1.36. The first-order valence-electron chi connectivity index (χ1n) is 6.99. The molecule has 3 rings (SSSR count). The van der Waals surface area contributed by atoms with Gasteiger partial charge < -0.3 is 10.2 Å². The molecule has 0 aliphatic rings. The number of nitrogens with zero attached hydrogens (tertiary/aromatic N) is 1. The van der Waals surface area contributed by atoms with E-state index in [2.05, 4.69) is 10.5 Å². The number of hydrogen-bond acceptors (Lipinski definition) is 4. The van der Waals surface area contributed by atoms with Gasteiger partial charge in [0.1, 0.15) is 11.5 Å². The van der Waals surface area contributed by atoms with Gasteiger partial charge in [0.2, 0.25) is 0 Å². The van der Waals surface area contributed by atoms with E-state index in [1.54, 1.807) is 18.2 Å². The van der Waals surface area contributed by atoms with Gasteiger partial charge in [-0.2, -0.15) is 5.10 Å². The summed E-state index contributed by atoms with van der Waals surface area (Å²) in [5, 5.41) is 25.3. The second kappa shape index (κ2) is 6.19. The molecule has 0 radical (unpaired) electrons. The van der Waals surface area contributed by atoms with E-state index in [1.807, 2.05) is 30.3 Å². The molecule has 0 bridgehead atoms. The Labute approximate surface area is 132 Å². The lowest BCUT2D eigenvalue weighted by Gasteiger charge is -2.04. The van der Waals surface area contributed by atoms with E-state index in [1.165, 1.54) is 18.3 Å². The molecule has 0 heterocycles. The maximum atomic E-state index is 11.9. The minimum Gasteiger partial charge on any atom is -0.507 e. The number of para-hydroxylation sites is 1. The number of amides is 1. The van der Waals surface area contributed by atoms with Gasteiger partial charge >= 0.3 is 0 Å². The van der Waals surface area contributed by atoms with Crippen molar-refractivity contribution in [3.8, 4) is 11.5 Å². The summed E-state index contributed by atoms with van der Waals surface area (Å²) in [7, 11) is 0. The van der Waals surface area contributed by atoms with E-state index in [0.717, 1.165) is 5.39 Å². The van der Waals surface area contributed by atoms with E-state index in [4.69, 9.17) is 0 Å². The molecular formula is C18H14N2O3. The van der Waals surface area contributed by atoms with Crippen LogP contribution in [0.2, 0.25) is 0 Å². The molecule has 0 fully saturated rings. The van der Waals surface area contributed by atoms with Crippen LogP contribution in [0, 0.1) is 0 Å². The van der Waals surface area contributed by atoms with Crippen molar-refractivity contribution in [2.75, 3.05) is 0 Å². The standard InChI is InChI=1S/C18H14N2O3/c21-16-8-4-3-7-15(16)18(23)20-19-11-13-10-9-12-5-1-2-6-14(12)17(13)22/h1-11,21-22H,(H,20,23). The molecule has 3 aromatic carbocycles. The van der Waals surface area contributed by atoms with Gasteiger partial charge in [0.25, 0.3) is 5.91 Å². The number of carbonyl (C=O) groups is 1. The minimum atomic E-state index is -0.528. The molecule has 0 aliphatic heterocycles. The van der Waals surface area contributed by atoms with Crippen molar-refractivity contribution in [3.63, 3.8) is 0 Å². The summed E-state index contributed by atoms with van der Waals surface area (Å²) in [4.78, 5) is 11.9. The molecule has 0 aromatic heterocycles. The Morgan fingerprint density at radius 2 is 1.70 bits per heavy atom. The molecule has 0 spiro atoms. The van der Waals surface area contributed by atoms with E-state index in [9.17, 15) is 15.0 Å². The number of phenols is 2. The largest absolute Gasteiger partial charge is 0.507 e. The lowest BCUT2D eigenvalue weighted by molar-refractivity contribution is 0.0952. The molecule has 5 nitrogen and oxygen atoms in total. The van der Waals surface area contributed by atoms with Gasteiger partial charge in [0.05, 0.1) is 11.8 Å². The highest BCUT2D eigenvalue weighted by molar-refractivity contribution is 5.99. The Morgan fingerprint density at radius 3 is 2.52 bits per heavy atom. The lowest BCUT2D eigenvalue weighted by Crippen LogP contribution is -2.17. The fraction of sp³-hybridized carbons (Fsp3) is 0. The van der Waals surface area contributed by atoms with E-state index < -0.39 is 5.91 Å². The van der Waals surface area contributed by atoms with Crippen molar-refractivity contribution >= 4 is 22.9 Å². The first-order chi connectivity index (χ1) is 11.2. The van der Waals surface area contributed by atoms with Crippen LogP contribution in [0.25, 0.3) is 10.8 Å². The molecule has 114 valence electrons. The first kappa shape index (κ1) is 14.6. The Hall–Kier alpha value is -3.34. The SMILES string of the molecule is O=C(NN=Cc1ccc2ccccc2c1O)c1ccccc1O. The van der Waals surface area contributed by atoms with Crippen LogP contribution in [0.15, 0.2) is 65.8 Å². The summed E-state index contributed by atoms with van der Waals surface area (Å²) in [5.41, 5.74) is 2.94. The number of benzene rings is 3. The van der Waals surface area contributed by atoms with Crippen LogP contribution in [0.3, 0.4) is 0 Å². The third kappa shape index (κ3) is 2.98. The molecule has 5 heteroatoms. The van der Waals surface area contributed by atoms with Crippen LogP contribution in [0.1, 0.15) is 15.9 Å². The highest BCUT2D eigenvalue weighted by Gasteiger charge is 2.09. The third-order valence-corrected chi connectivity index (χ3v) is 3.45. The third-order valence-electron chi connectivity index (χ3n) is 3.45. The quantitative estimate of drug-likeness (QED) is 0.514. The Balaban J connectivity index is 1.80. The smallest absolute Gasteiger partial charge is 0.275 e. The van der Waals surface area contributed by atoms with Crippen molar-refractivity contribution in [3.05, 3.63) is 71.8 Å². The predicted molar refractivity (Wildman–Crippen MR) is 88.8 cm³/mol. The number of aromatic hydroxyl groups is 2. The van der Waals surface area contributed by atoms with Crippen LogP contribution < -0.4 is 5.43 Å². The molecule has 0 saturated heterocycles. The van der Waals surface area contributed by atoms with Crippen LogP contribution in [0.4, 0.5) is 0 Å². The summed E-state index contributed by atoms with van der Waals surface area (Å²) < 4.78 is 0. The summed E-state index contributed by atoms with van der Waals surface area (Å²) in [5.74, 6) is -0.544. The number of hydrogen-bond donors (Lipinski definition) is 3. The lowest BCUT2D eigenvalue weighted by atomic mass is 10.1. The zero-order valence-electron chi connectivity index (χ0n) is 12.1. The van der Waals surface area contributed by atoms with Crippen molar-refractivity contribution < 1.29 is 15.0 Å². The fourth-order valence-electron chi connectivity index (χ4n) is 2.26. The maximum absolute atomic E-state index is 11.9. The normalized spacial score (nSPS) is 11.0. The Morgan fingerprint density at radius 1 is 0.957 bits per heavy atom. The van der Waals surface area contributed by atoms with Crippen LogP contribution in [0.5, 0.6) is 11.5 Å². The minimum absolute atomic E-state index is 0.101. The van der Waals surface area contributed by atoms with Gasteiger partial charge in [0, 0.05) is 10.9 Å². The molecule has 0 unspecified atom stereocenters. The number of hydrazone groups is 1. The van der Waals surface area contributed by atoms with Crippen molar-refractivity contribution in [2.45, 2.75) is 0 Å². The zero-order valence-corrected chi connectivity index (χ0v) is 12.1. The van der Waals surface area contributed by atoms with Gasteiger partial charge in [-0.25, -0.2) is 5.43 Å². The van der Waals surface area contributed by atoms with E-state index in [-0.39, 0.29) is 17.1 Å². The second-order valence-electron chi connectivity index (χ2n) is 4.94. The summed E-state index contributed by atoms with van der Waals surface area (Å²) in [6.45, 7) is 0. The molecule has 0 aliphatic carbocycles. The Kier molecular flexibility index (Phi) is 3.93. The predicted octanol–water partition coefficient (Wildman–Crippen LogP) is 3.01. The number of rotatable bonds is 3. The summed E-state index contributed by atoms with van der Waals surface area (Å²) in [6, 6.07) is 17.2. The van der Waals surface area contributed by atoms with Crippen molar-refractivity contribution in [1.82, 2.24) is 5.43 Å². The average molecular weight is 306 g/mol. The molecular weight excluding hydrogens is 292 g/mol. The van der Waals surface area contributed by atoms with E-state index >= 15 is 0 Å². The highest BCUT2D eigenvalue weighted by Crippen LogP contribution is 2.27. The van der Waals surface area contributed by atoms with Crippen molar-refractivity contribution in [2.24, 2.45) is 5.10 Å². The Bertz CT molecular complexity index is 904. The number of fused-ring (bicyclic) bond motifs is 1. The molecule has 23 heavy (non-hydrogen) atoms. The van der Waals surface area contributed by atoms with Gasteiger partial charge in [0.15, 0.2) is 0 Å². The van der Waals surface area contributed by atoms with Gasteiger partial charge in [-0.3, -0.25) is 4.79 Å². The molecule has 0 atom stereocenters. The molecule has 0 saturated carbocycles. The van der Waals surface area contributed by atoms with Gasteiger partial charge in [-0.1, -0.05) is 42.5 Å². The van der Waals surface area contributed by atoms with Gasteiger partial charge in [-0.15, -0.1) is 0 Å². The number of carbonyl (C=O) groups excluding carboxylic acids is 1.